The number of carbonyl (C=O) groups is 2. The Kier molecular flexibility index (Phi) is 7.68. The number of para-hydroxylation sites is 2. The third kappa shape index (κ3) is 6.08. The molecule has 5 heteroatoms. The van der Waals surface area contributed by atoms with E-state index in [0.29, 0.717) is 19.1 Å². The summed E-state index contributed by atoms with van der Waals surface area (Å²) in [4.78, 5) is 28.8. The van der Waals surface area contributed by atoms with E-state index >= 15 is 0 Å². The van der Waals surface area contributed by atoms with Crippen LogP contribution in [0, 0.1) is 5.92 Å². The maximum absolute atomic E-state index is 12.6. The molecule has 3 rings (SSSR count). The van der Waals surface area contributed by atoms with E-state index in [1.807, 2.05) is 72.5 Å². The average molecular weight is 395 g/mol. The van der Waals surface area contributed by atoms with Crippen LogP contribution in [0.15, 0.2) is 60.7 Å². The van der Waals surface area contributed by atoms with E-state index in [2.05, 4.69) is 0 Å². The lowest BCUT2D eigenvalue weighted by molar-refractivity contribution is -0.132. The van der Waals surface area contributed by atoms with Gasteiger partial charge in [0.2, 0.25) is 11.8 Å². The Morgan fingerprint density at radius 1 is 1.03 bits per heavy atom. The minimum atomic E-state index is -0.000872. The van der Waals surface area contributed by atoms with Crippen LogP contribution in [0.1, 0.15) is 32.6 Å². The van der Waals surface area contributed by atoms with Gasteiger partial charge in [-0.1, -0.05) is 36.4 Å². The van der Waals surface area contributed by atoms with Crippen molar-refractivity contribution in [1.82, 2.24) is 4.90 Å². The molecule has 0 spiro atoms. The van der Waals surface area contributed by atoms with Crippen molar-refractivity contribution < 1.29 is 14.3 Å². The zero-order valence-corrected chi connectivity index (χ0v) is 17.1. The van der Waals surface area contributed by atoms with Gasteiger partial charge in [0.05, 0.1) is 6.61 Å². The maximum Gasteiger partial charge on any atom is 0.227 e. The number of rotatable bonds is 9. The molecule has 29 heavy (non-hydrogen) atoms. The Labute approximate surface area is 173 Å². The number of anilines is 1. The lowest BCUT2D eigenvalue weighted by Gasteiger charge is -2.22. The lowest BCUT2D eigenvalue weighted by atomic mass is 10.1. The predicted octanol–water partition coefficient (Wildman–Crippen LogP) is 4.14. The van der Waals surface area contributed by atoms with Gasteiger partial charge in [-0.2, -0.15) is 0 Å². The molecule has 1 aliphatic rings. The second-order valence-electron chi connectivity index (χ2n) is 7.42. The summed E-state index contributed by atoms with van der Waals surface area (Å²) >= 11 is 0. The number of hydrogen-bond donors (Lipinski definition) is 0. The summed E-state index contributed by atoms with van der Waals surface area (Å²) in [5, 5.41) is 0. The normalized spacial score (nSPS) is 15.9. The highest BCUT2D eigenvalue weighted by molar-refractivity contribution is 5.95. The van der Waals surface area contributed by atoms with Gasteiger partial charge in [0.1, 0.15) is 5.75 Å². The number of benzene rings is 2. The van der Waals surface area contributed by atoms with E-state index in [1.165, 1.54) is 0 Å². The zero-order chi connectivity index (χ0) is 20.5. The summed E-state index contributed by atoms with van der Waals surface area (Å²) in [6.07, 6.45) is 2.47. The molecule has 0 aromatic heterocycles. The van der Waals surface area contributed by atoms with Crippen molar-refractivity contribution in [2.45, 2.75) is 32.6 Å². The summed E-state index contributed by atoms with van der Waals surface area (Å²) in [6.45, 7) is 4.76. The molecule has 0 saturated carbocycles. The van der Waals surface area contributed by atoms with Gasteiger partial charge in [-0.15, -0.1) is 0 Å². The summed E-state index contributed by atoms with van der Waals surface area (Å²) < 4.78 is 5.77. The Morgan fingerprint density at radius 3 is 2.41 bits per heavy atom. The molecular formula is C24H30N2O3. The van der Waals surface area contributed by atoms with Gasteiger partial charge in [0.25, 0.3) is 0 Å². The van der Waals surface area contributed by atoms with E-state index in [9.17, 15) is 9.59 Å². The number of nitrogens with zero attached hydrogens (tertiary/aromatic N) is 2. The Morgan fingerprint density at radius 2 is 1.72 bits per heavy atom. The molecule has 1 fully saturated rings. The van der Waals surface area contributed by atoms with Crippen LogP contribution in [0.2, 0.25) is 0 Å². The van der Waals surface area contributed by atoms with Gasteiger partial charge in [-0.3, -0.25) is 9.59 Å². The third-order valence-corrected chi connectivity index (χ3v) is 5.41. The van der Waals surface area contributed by atoms with Crippen molar-refractivity contribution in [3.8, 4) is 5.75 Å². The molecule has 2 aromatic carbocycles. The molecule has 1 heterocycles. The molecule has 1 aliphatic heterocycles. The van der Waals surface area contributed by atoms with Crippen LogP contribution in [0.5, 0.6) is 5.75 Å². The molecule has 1 unspecified atom stereocenters. The molecular weight excluding hydrogens is 364 g/mol. The number of likely N-dealkylation sites (tertiary alicyclic amines) is 1. The molecule has 2 aromatic rings. The number of amides is 2. The first-order chi connectivity index (χ1) is 14.2. The van der Waals surface area contributed by atoms with Crippen molar-refractivity contribution in [2.75, 3.05) is 31.1 Å². The first-order valence-corrected chi connectivity index (χ1v) is 10.5. The van der Waals surface area contributed by atoms with Crippen molar-refractivity contribution in [3.63, 3.8) is 0 Å². The summed E-state index contributed by atoms with van der Waals surface area (Å²) in [5.74, 6) is 1.43. The molecule has 5 nitrogen and oxygen atoms in total. The van der Waals surface area contributed by atoms with Crippen LogP contribution >= 0.6 is 0 Å². The first kappa shape index (κ1) is 20.9. The highest BCUT2D eigenvalue weighted by Gasteiger charge is 2.26. The number of carbonyl (C=O) groups excluding carboxylic acids is 2. The molecule has 2 amide bonds. The largest absolute Gasteiger partial charge is 0.494 e. The molecule has 0 bridgehead atoms. The lowest BCUT2D eigenvalue weighted by Crippen LogP contribution is -2.33. The van der Waals surface area contributed by atoms with Crippen molar-refractivity contribution >= 4 is 17.5 Å². The smallest absolute Gasteiger partial charge is 0.227 e. The first-order valence-electron chi connectivity index (χ1n) is 10.5. The summed E-state index contributed by atoms with van der Waals surface area (Å²) in [5.41, 5.74) is 0.882. The Hall–Kier alpha value is -2.82. The fourth-order valence-electron chi connectivity index (χ4n) is 3.77. The number of hydrogen-bond acceptors (Lipinski definition) is 3. The highest BCUT2D eigenvalue weighted by atomic mass is 16.5. The molecule has 1 saturated heterocycles. The topological polar surface area (TPSA) is 49.9 Å². The maximum atomic E-state index is 12.6. The van der Waals surface area contributed by atoms with Crippen molar-refractivity contribution in [2.24, 2.45) is 5.92 Å². The summed E-state index contributed by atoms with van der Waals surface area (Å²) in [6, 6.07) is 19.4. The average Bonchev–Trinajstić information content (AvgIpc) is 3.23. The van der Waals surface area contributed by atoms with E-state index in [-0.39, 0.29) is 24.7 Å². The van der Waals surface area contributed by atoms with E-state index in [1.54, 1.807) is 4.90 Å². The van der Waals surface area contributed by atoms with Crippen LogP contribution in [-0.2, 0) is 9.59 Å². The summed E-state index contributed by atoms with van der Waals surface area (Å²) in [7, 11) is 0. The Balaban J connectivity index is 1.39. The van der Waals surface area contributed by atoms with Crippen LogP contribution in [-0.4, -0.2) is 43.0 Å². The highest BCUT2D eigenvalue weighted by Crippen LogP contribution is 2.22. The molecule has 0 radical (unpaired) electrons. The zero-order valence-electron chi connectivity index (χ0n) is 17.1. The van der Waals surface area contributed by atoms with Gasteiger partial charge in [0, 0.05) is 38.2 Å². The minimum Gasteiger partial charge on any atom is -0.494 e. The van der Waals surface area contributed by atoms with E-state index in [4.69, 9.17) is 4.74 Å². The van der Waals surface area contributed by atoms with Crippen LogP contribution in [0.3, 0.4) is 0 Å². The van der Waals surface area contributed by atoms with Gasteiger partial charge in [-0.05, 0) is 49.9 Å². The predicted molar refractivity (Wildman–Crippen MR) is 115 cm³/mol. The second-order valence-corrected chi connectivity index (χ2v) is 7.42. The van der Waals surface area contributed by atoms with E-state index in [0.717, 1.165) is 37.4 Å². The monoisotopic (exact) mass is 394 g/mol. The van der Waals surface area contributed by atoms with Gasteiger partial charge >= 0.3 is 0 Å². The fraction of sp³-hybridized carbons (Fsp3) is 0.417. The molecule has 154 valence electrons. The van der Waals surface area contributed by atoms with Gasteiger partial charge in [-0.25, -0.2) is 0 Å². The standard InChI is InChI=1S/C24H30N2O3/c1-2-26(21-9-5-3-6-10-21)24(28)14-13-23(27)25-17-15-20(19-25)16-18-29-22-11-7-4-8-12-22/h3-12,20H,2,13-19H2,1H3. The second kappa shape index (κ2) is 10.6. The SMILES string of the molecule is CCN(C(=O)CCC(=O)N1CCC(CCOc2ccccc2)C1)c1ccccc1. The molecule has 1 atom stereocenters. The van der Waals surface area contributed by atoms with Crippen molar-refractivity contribution in [3.05, 3.63) is 60.7 Å². The van der Waals surface area contributed by atoms with Crippen LogP contribution in [0.4, 0.5) is 5.69 Å². The van der Waals surface area contributed by atoms with Crippen LogP contribution in [0.25, 0.3) is 0 Å². The minimum absolute atomic E-state index is 0.000872. The molecule has 0 aliphatic carbocycles. The number of ether oxygens (including phenoxy) is 1. The van der Waals surface area contributed by atoms with Gasteiger partial charge in [0.15, 0.2) is 0 Å². The Bertz CT molecular complexity index is 779. The third-order valence-electron chi connectivity index (χ3n) is 5.41. The fourth-order valence-corrected chi connectivity index (χ4v) is 3.77. The van der Waals surface area contributed by atoms with Gasteiger partial charge < -0.3 is 14.5 Å². The van der Waals surface area contributed by atoms with Crippen LogP contribution < -0.4 is 9.64 Å². The molecule has 0 N–H and O–H groups in total. The quantitative estimate of drug-likeness (QED) is 0.642. The van der Waals surface area contributed by atoms with E-state index < -0.39 is 0 Å². The van der Waals surface area contributed by atoms with Crippen molar-refractivity contribution in [1.29, 1.82) is 0 Å².